The Kier molecular flexibility index (Phi) is 3.31. The van der Waals surface area contributed by atoms with Gasteiger partial charge in [0, 0.05) is 11.1 Å². The molecule has 0 saturated carbocycles. The summed E-state index contributed by atoms with van der Waals surface area (Å²) in [5.74, 6) is 0.698. The highest BCUT2D eigenvalue weighted by atomic mass is 15.1. The van der Waals surface area contributed by atoms with Gasteiger partial charge in [-0.1, -0.05) is 50.2 Å². The minimum absolute atomic E-state index is 0.698. The van der Waals surface area contributed by atoms with Crippen LogP contribution in [-0.4, -0.2) is 10.2 Å². The summed E-state index contributed by atoms with van der Waals surface area (Å²) >= 11 is 0. The fourth-order valence-corrected chi connectivity index (χ4v) is 2.63. The first kappa shape index (κ1) is 12.9. The van der Waals surface area contributed by atoms with Crippen LogP contribution in [0.1, 0.15) is 25.1 Å². The van der Waals surface area contributed by atoms with Crippen molar-refractivity contribution in [3.8, 4) is 11.1 Å². The second kappa shape index (κ2) is 5.12. The number of aryl methyl sites for hydroxylation is 1. The Bertz CT molecular complexity index is 721. The predicted molar refractivity (Wildman–Crippen MR) is 84.8 cm³/mol. The third kappa shape index (κ3) is 2.46. The van der Waals surface area contributed by atoms with Gasteiger partial charge >= 0.3 is 0 Å². The average molecular weight is 264 g/mol. The molecule has 0 aliphatic rings. The molecule has 0 amide bonds. The van der Waals surface area contributed by atoms with Crippen LogP contribution in [0, 0.1) is 12.8 Å². The summed E-state index contributed by atoms with van der Waals surface area (Å²) in [5.41, 5.74) is 6.03. The molecule has 0 saturated heterocycles. The number of aromatic nitrogens is 2. The Morgan fingerprint density at radius 3 is 2.40 bits per heavy atom. The third-order valence-corrected chi connectivity index (χ3v) is 3.68. The maximum absolute atomic E-state index is 4.34. The lowest BCUT2D eigenvalue weighted by Crippen LogP contribution is -1.93. The molecule has 102 valence electrons. The second-order valence-corrected chi connectivity index (χ2v) is 5.88. The van der Waals surface area contributed by atoms with E-state index in [2.05, 4.69) is 73.4 Å². The fraction of sp³-hybridized carbons (Fsp3) is 0.278. The van der Waals surface area contributed by atoms with Crippen molar-refractivity contribution >= 4 is 10.9 Å². The molecular formula is C18H20N2. The average Bonchev–Trinajstić information content (AvgIpc) is 2.80. The van der Waals surface area contributed by atoms with E-state index in [0.717, 1.165) is 17.6 Å². The summed E-state index contributed by atoms with van der Waals surface area (Å²) in [4.78, 5) is 0. The Morgan fingerprint density at radius 1 is 1.00 bits per heavy atom. The van der Waals surface area contributed by atoms with Crippen LogP contribution in [0.3, 0.4) is 0 Å². The Morgan fingerprint density at radius 2 is 1.70 bits per heavy atom. The summed E-state index contributed by atoms with van der Waals surface area (Å²) in [6.07, 6.45) is 1.14. The van der Waals surface area contributed by atoms with E-state index in [-0.39, 0.29) is 0 Å². The number of nitrogens with one attached hydrogen (secondary N) is 1. The molecule has 0 bridgehead atoms. The highest BCUT2D eigenvalue weighted by molar-refractivity contribution is 5.86. The summed E-state index contributed by atoms with van der Waals surface area (Å²) < 4.78 is 0. The van der Waals surface area contributed by atoms with Gasteiger partial charge in [-0.3, -0.25) is 5.10 Å². The highest BCUT2D eigenvalue weighted by Crippen LogP contribution is 2.25. The van der Waals surface area contributed by atoms with Crippen LogP contribution in [0.15, 0.2) is 42.5 Å². The molecular weight excluding hydrogens is 244 g/mol. The zero-order chi connectivity index (χ0) is 14.1. The first-order valence-corrected chi connectivity index (χ1v) is 7.17. The molecule has 0 spiro atoms. The first-order chi connectivity index (χ1) is 9.63. The smallest absolute Gasteiger partial charge is 0.0929 e. The molecule has 1 aromatic heterocycles. The van der Waals surface area contributed by atoms with Crippen molar-refractivity contribution in [3.63, 3.8) is 0 Å². The van der Waals surface area contributed by atoms with E-state index in [0.29, 0.717) is 5.92 Å². The fourth-order valence-electron chi connectivity index (χ4n) is 2.63. The Labute approximate surface area is 119 Å². The topological polar surface area (TPSA) is 28.7 Å². The monoisotopic (exact) mass is 264 g/mol. The van der Waals surface area contributed by atoms with Gasteiger partial charge in [-0.15, -0.1) is 0 Å². The maximum atomic E-state index is 4.34. The van der Waals surface area contributed by atoms with Crippen molar-refractivity contribution in [2.24, 2.45) is 5.92 Å². The van der Waals surface area contributed by atoms with Gasteiger partial charge < -0.3 is 0 Å². The molecule has 3 rings (SSSR count). The Balaban J connectivity index is 1.94. The largest absolute Gasteiger partial charge is 0.282 e. The molecule has 0 aliphatic carbocycles. The van der Waals surface area contributed by atoms with E-state index in [4.69, 9.17) is 0 Å². The molecule has 0 unspecified atom stereocenters. The number of hydrogen-bond acceptors (Lipinski definition) is 1. The molecule has 2 aromatic carbocycles. The van der Waals surface area contributed by atoms with Gasteiger partial charge in [0.15, 0.2) is 0 Å². The van der Waals surface area contributed by atoms with Gasteiger partial charge in [-0.05, 0) is 42.0 Å². The standard InChI is InChI=1S/C18H20N2/c1-12(2)10-14-4-6-15(7-5-14)16-8-9-17-13(3)19-20-18(17)11-16/h4-9,11-12H,10H2,1-3H3,(H,19,20). The molecule has 2 nitrogen and oxygen atoms in total. The van der Waals surface area contributed by atoms with Crippen molar-refractivity contribution in [2.75, 3.05) is 0 Å². The van der Waals surface area contributed by atoms with Crippen LogP contribution >= 0.6 is 0 Å². The molecule has 0 aliphatic heterocycles. The van der Waals surface area contributed by atoms with Crippen LogP contribution in [-0.2, 0) is 6.42 Å². The lowest BCUT2D eigenvalue weighted by atomic mass is 9.98. The van der Waals surface area contributed by atoms with E-state index in [1.54, 1.807) is 0 Å². The number of hydrogen-bond donors (Lipinski definition) is 1. The van der Waals surface area contributed by atoms with Crippen LogP contribution < -0.4 is 0 Å². The molecule has 0 atom stereocenters. The summed E-state index contributed by atoms with van der Waals surface area (Å²) in [6.45, 7) is 6.55. The number of fused-ring (bicyclic) bond motifs is 1. The summed E-state index contributed by atoms with van der Waals surface area (Å²) in [7, 11) is 0. The van der Waals surface area contributed by atoms with Crippen LogP contribution in [0.5, 0.6) is 0 Å². The zero-order valence-corrected chi connectivity index (χ0v) is 12.3. The van der Waals surface area contributed by atoms with Crippen LogP contribution in [0.25, 0.3) is 22.0 Å². The van der Waals surface area contributed by atoms with E-state index in [1.807, 2.05) is 0 Å². The minimum Gasteiger partial charge on any atom is -0.282 e. The van der Waals surface area contributed by atoms with Gasteiger partial charge in [0.2, 0.25) is 0 Å². The van der Waals surface area contributed by atoms with E-state index in [1.165, 1.54) is 22.1 Å². The normalized spacial score (nSPS) is 11.4. The number of aromatic amines is 1. The van der Waals surface area contributed by atoms with Gasteiger partial charge in [-0.25, -0.2) is 0 Å². The van der Waals surface area contributed by atoms with Gasteiger partial charge in [0.05, 0.1) is 5.52 Å². The van der Waals surface area contributed by atoms with Crippen LogP contribution in [0.2, 0.25) is 0 Å². The number of nitrogens with zero attached hydrogens (tertiary/aromatic N) is 1. The van der Waals surface area contributed by atoms with Crippen molar-refractivity contribution in [1.82, 2.24) is 10.2 Å². The van der Waals surface area contributed by atoms with E-state index >= 15 is 0 Å². The van der Waals surface area contributed by atoms with Gasteiger partial charge in [-0.2, -0.15) is 5.10 Å². The lowest BCUT2D eigenvalue weighted by molar-refractivity contribution is 0.647. The number of benzene rings is 2. The molecule has 3 aromatic rings. The molecule has 1 N–H and O–H groups in total. The SMILES string of the molecule is Cc1[nH]nc2cc(-c3ccc(CC(C)C)cc3)ccc12. The third-order valence-electron chi connectivity index (χ3n) is 3.68. The van der Waals surface area contributed by atoms with Crippen molar-refractivity contribution < 1.29 is 0 Å². The number of rotatable bonds is 3. The van der Waals surface area contributed by atoms with Crippen molar-refractivity contribution in [1.29, 1.82) is 0 Å². The first-order valence-electron chi connectivity index (χ1n) is 7.17. The van der Waals surface area contributed by atoms with Gasteiger partial charge in [0.1, 0.15) is 0 Å². The van der Waals surface area contributed by atoms with E-state index in [9.17, 15) is 0 Å². The minimum atomic E-state index is 0.698. The Hall–Kier alpha value is -2.09. The highest BCUT2D eigenvalue weighted by Gasteiger charge is 2.04. The maximum Gasteiger partial charge on any atom is 0.0929 e. The van der Waals surface area contributed by atoms with Gasteiger partial charge in [0.25, 0.3) is 0 Å². The van der Waals surface area contributed by atoms with E-state index < -0.39 is 0 Å². The number of H-pyrrole nitrogens is 1. The molecule has 0 fully saturated rings. The molecule has 20 heavy (non-hydrogen) atoms. The predicted octanol–water partition coefficient (Wildman–Crippen LogP) is 4.74. The van der Waals surface area contributed by atoms with Crippen molar-refractivity contribution in [2.45, 2.75) is 27.2 Å². The lowest BCUT2D eigenvalue weighted by Gasteiger charge is -2.07. The molecule has 0 radical (unpaired) electrons. The quantitative estimate of drug-likeness (QED) is 0.727. The second-order valence-electron chi connectivity index (χ2n) is 5.88. The molecule has 2 heteroatoms. The summed E-state index contributed by atoms with van der Waals surface area (Å²) in [5, 5.41) is 8.57. The van der Waals surface area contributed by atoms with Crippen molar-refractivity contribution in [3.05, 3.63) is 53.7 Å². The molecule has 1 heterocycles. The van der Waals surface area contributed by atoms with Crippen LogP contribution in [0.4, 0.5) is 0 Å². The zero-order valence-electron chi connectivity index (χ0n) is 12.3. The summed E-state index contributed by atoms with van der Waals surface area (Å²) in [6, 6.07) is 15.3.